The van der Waals surface area contributed by atoms with Gasteiger partial charge in [0.2, 0.25) is 0 Å². The summed E-state index contributed by atoms with van der Waals surface area (Å²) in [6, 6.07) is 3.95. The molecule has 0 aliphatic rings. The van der Waals surface area contributed by atoms with Gasteiger partial charge in [-0.25, -0.2) is 5.43 Å². The Morgan fingerprint density at radius 1 is 1.50 bits per heavy atom. The number of rotatable bonds is 4. The Balaban J connectivity index is 2.19. The van der Waals surface area contributed by atoms with Crippen LogP contribution in [0.2, 0.25) is 0 Å². The number of nitro benzene ring substituents is 1. The lowest BCUT2D eigenvalue weighted by Crippen LogP contribution is -2.18. The number of hydrogen-bond donors (Lipinski definition) is 1. The van der Waals surface area contributed by atoms with E-state index in [4.69, 9.17) is 4.42 Å². The van der Waals surface area contributed by atoms with Crippen LogP contribution < -0.4 is 10.5 Å². The number of aryl methyl sites for hydroxylation is 1. The molecule has 0 aliphatic heterocycles. The van der Waals surface area contributed by atoms with Gasteiger partial charge in [0.1, 0.15) is 5.76 Å². The van der Waals surface area contributed by atoms with E-state index in [2.05, 4.69) is 26.5 Å². The number of amides is 1. The van der Waals surface area contributed by atoms with Crippen molar-refractivity contribution >= 4 is 33.7 Å². The molecule has 0 bridgehead atoms. The predicted molar refractivity (Wildman–Crippen MR) is 78.7 cm³/mol. The van der Waals surface area contributed by atoms with E-state index in [1.165, 1.54) is 18.4 Å². The lowest BCUT2D eigenvalue weighted by Gasteiger charge is -2.10. The molecular weight excluding hydrogens is 358 g/mol. The standard InChI is InChI=1S/C13H10BrN3O5/c1-7-10(2-3-22-7)13(19)16-15-6-8-4-9(14)5-11(12(8)18)17(20)21/h2-6,18H,1H3,(H,16,19)/p-1/b15-6+. The van der Waals surface area contributed by atoms with Gasteiger partial charge in [-0.1, -0.05) is 15.9 Å². The quantitative estimate of drug-likeness (QED) is 0.504. The number of nitrogens with one attached hydrogen (secondary N) is 1. The van der Waals surface area contributed by atoms with Crippen LogP contribution in [0.15, 0.2) is 38.5 Å². The average molecular weight is 367 g/mol. The minimum absolute atomic E-state index is 0.0229. The molecule has 1 aromatic carbocycles. The van der Waals surface area contributed by atoms with Crippen molar-refractivity contribution in [1.29, 1.82) is 0 Å². The zero-order valence-electron chi connectivity index (χ0n) is 11.2. The highest BCUT2D eigenvalue weighted by atomic mass is 79.9. The molecule has 1 heterocycles. The second-order valence-electron chi connectivity index (χ2n) is 4.19. The third-order valence-corrected chi connectivity index (χ3v) is 3.19. The van der Waals surface area contributed by atoms with Crippen molar-refractivity contribution in [2.75, 3.05) is 0 Å². The van der Waals surface area contributed by atoms with Crippen LogP contribution in [0, 0.1) is 17.0 Å². The highest BCUT2D eigenvalue weighted by Crippen LogP contribution is 2.30. The van der Waals surface area contributed by atoms with Crippen molar-refractivity contribution in [3.63, 3.8) is 0 Å². The minimum Gasteiger partial charge on any atom is -0.867 e. The van der Waals surface area contributed by atoms with Gasteiger partial charge >= 0.3 is 0 Å². The van der Waals surface area contributed by atoms with Gasteiger partial charge < -0.3 is 9.52 Å². The van der Waals surface area contributed by atoms with Crippen LogP contribution >= 0.6 is 15.9 Å². The van der Waals surface area contributed by atoms with Gasteiger partial charge in [0, 0.05) is 10.5 Å². The molecule has 0 spiro atoms. The summed E-state index contributed by atoms with van der Waals surface area (Å²) in [5.41, 5.74) is 1.92. The number of nitrogens with zero attached hydrogens (tertiary/aromatic N) is 2. The van der Waals surface area contributed by atoms with Crippen molar-refractivity contribution in [2.45, 2.75) is 6.92 Å². The van der Waals surface area contributed by atoms with E-state index in [1.807, 2.05) is 0 Å². The zero-order valence-corrected chi connectivity index (χ0v) is 12.8. The van der Waals surface area contributed by atoms with E-state index >= 15 is 0 Å². The lowest BCUT2D eigenvalue weighted by molar-refractivity contribution is -0.398. The van der Waals surface area contributed by atoms with Crippen molar-refractivity contribution in [3.8, 4) is 5.75 Å². The van der Waals surface area contributed by atoms with Gasteiger partial charge in [-0.2, -0.15) is 5.10 Å². The van der Waals surface area contributed by atoms with Crippen LogP contribution in [0.3, 0.4) is 0 Å². The van der Waals surface area contributed by atoms with Crippen LogP contribution in [0.5, 0.6) is 5.75 Å². The summed E-state index contributed by atoms with van der Waals surface area (Å²) in [7, 11) is 0. The number of furan rings is 1. The number of benzene rings is 1. The zero-order chi connectivity index (χ0) is 16.3. The molecule has 0 saturated heterocycles. The van der Waals surface area contributed by atoms with Crippen LogP contribution in [0.1, 0.15) is 21.7 Å². The second kappa shape index (κ2) is 6.39. The molecule has 1 N–H and O–H groups in total. The first-order valence-electron chi connectivity index (χ1n) is 5.92. The predicted octanol–water partition coefficient (Wildman–Crippen LogP) is 2.10. The maximum atomic E-state index is 11.8. The summed E-state index contributed by atoms with van der Waals surface area (Å²) < 4.78 is 5.34. The molecule has 0 radical (unpaired) electrons. The fourth-order valence-corrected chi connectivity index (χ4v) is 2.14. The average Bonchev–Trinajstić information content (AvgIpc) is 2.88. The summed E-state index contributed by atoms with van der Waals surface area (Å²) in [6.07, 6.45) is 2.41. The molecule has 114 valence electrons. The largest absolute Gasteiger partial charge is 0.867 e. The molecule has 8 nitrogen and oxygen atoms in total. The summed E-state index contributed by atoms with van der Waals surface area (Å²) >= 11 is 3.07. The Morgan fingerprint density at radius 2 is 2.23 bits per heavy atom. The third-order valence-electron chi connectivity index (χ3n) is 2.73. The fraction of sp³-hybridized carbons (Fsp3) is 0.0769. The fourth-order valence-electron chi connectivity index (χ4n) is 1.67. The number of carbonyl (C=O) groups is 1. The Labute approximate surface area is 132 Å². The maximum Gasteiger partial charge on any atom is 0.274 e. The second-order valence-corrected chi connectivity index (χ2v) is 5.11. The van der Waals surface area contributed by atoms with E-state index < -0.39 is 22.3 Å². The molecule has 1 amide bonds. The molecule has 2 aromatic rings. The van der Waals surface area contributed by atoms with E-state index in [0.717, 1.165) is 12.3 Å². The first kappa shape index (κ1) is 15.7. The Morgan fingerprint density at radius 3 is 2.82 bits per heavy atom. The first-order chi connectivity index (χ1) is 10.4. The Bertz CT molecular complexity index is 769. The first-order valence-corrected chi connectivity index (χ1v) is 6.72. The van der Waals surface area contributed by atoms with Crippen LogP contribution in [0.4, 0.5) is 5.69 Å². The number of carbonyl (C=O) groups excluding carboxylic acids is 1. The maximum absolute atomic E-state index is 11.8. The van der Waals surface area contributed by atoms with Crippen LogP contribution in [-0.4, -0.2) is 17.0 Å². The Hall–Kier alpha value is -2.68. The molecule has 22 heavy (non-hydrogen) atoms. The monoisotopic (exact) mass is 366 g/mol. The van der Waals surface area contributed by atoms with Crippen molar-refractivity contribution in [3.05, 3.63) is 55.9 Å². The topological polar surface area (TPSA) is 121 Å². The number of nitro groups is 1. The van der Waals surface area contributed by atoms with Gasteiger partial charge in [0.25, 0.3) is 11.6 Å². The molecule has 9 heteroatoms. The highest BCUT2D eigenvalue weighted by molar-refractivity contribution is 9.10. The summed E-state index contributed by atoms with van der Waals surface area (Å²) in [5.74, 6) is -0.875. The molecule has 1 aromatic heterocycles. The van der Waals surface area contributed by atoms with Gasteiger partial charge in [-0.05, 0) is 30.4 Å². The van der Waals surface area contributed by atoms with Crippen LogP contribution in [-0.2, 0) is 0 Å². The van der Waals surface area contributed by atoms with E-state index in [1.54, 1.807) is 6.92 Å². The molecule has 2 rings (SSSR count). The number of halogens is 1. The molecule has 0 unspecified atom stereocenters. The van der Waals surface area contributed by atoms with Crippen molar-refractivity contribution in [1.82, 2.24) is 5.43 Å². The summed E-state index contributed by atoms with van der Waals surface area (Å²) in [4.78, 5) is 21.7. The molecular formula is C13H9BrN3O5-. The van der Waals surface area contributed by atoms with Gasteiger partial charge in [0.05, 0.1) is 23.0 Å². The van der Waals surface area contributed by atoms with Crippen molar-refractivity contribution < 1.29 is 19.2 Å². The lowest BCUT2D eigenvalue weighted by atomic mass is 10.2. The third kappa shape index (κ3) is 3.31. The number of hydrogen-bond acceptors (Lipinski definition) is 6. The summed E-state index contributed by atoms with van der Waals surface area (Å²) in [6.45, 7) is 1.62. The van der Waals surface area contributed by atoms with Gasteiger partial charge in [-0.3, -0.25) is 14.9 Å². The highest BCUT2D eigenvalue weighted by Gasteiger charge is 2.12. The van der Waals surface area contributed by atoms with E-state index in [0.29, 0.717) is 15.8 Å². The van der Waals surface area contributed by atoms with Gasteiger partial charge in [-0.15, -0.1) is 0 Å². The summed E-state index contributed by atoms with van der Waals surface area (Å²) in [5, 5.41) is 26.2. The molecule has 0 saturated carbocycles. The molecule has 0 fully saturated rings. The smallest absolute Gasteiger partial charge is 0.274 e. The normalized spacial score (nSPS) is 10.8. The number of hydrazone groups is 1. The minimum atomic E-state index is -0.786. The Kier molecular flexibility index (Phi) is 4.56. The molecule has 0 atom stereocenters. The van der Waals surface area contributed by atoms with Crippen LogP contribution in [0.25, 0.3) is 0 Å². The van der Waals surface area contributed by atoms with E-state index in [9.17, 15) is 20.0 Å². The molecule has 0 aliphatic carbocycles. The SMILES string of the molecule is Cc1occc1C(=O)N/N=C/c1cc(Br)cc([N+](=O)[O-])c1[O-]. The van der Waals surface area contributed by atoms with Gasteiger partial charge in [0.15, 0.2) is 0 Å². The van der Waals surface area contributed by atoms with E-state index in [-0.39, 0.29) is 5.56 Å². The van der Waals surface area contributed by atoms with Crippen molar-refractivity contribution in [2.24, 2.45) is 5.10 Å².